The largest absolute Gasteiger partial charge is 0.464 e. The zero-order valence-corrected chi connectivity index (χ0v) is 10.7. The highest BCUT2D eigenvalue weighted by molar-refractivity contribution is 5.33. The fourth-order valence-corrected chi connectivity index (χ4v) is 1.87. The van der Waals surface area contributed by atoms with Crippen molar-refractivity contribution in [2.45, 2.75) is 25.6 Å². The van der Waals surface area contributed by atoms with Crippen molar-refractivity contribution in [1.82, 2.24) is 0 Å². The van der Waals surface area contributed by atoms with Crippen LogP contribution in [0.1, 0.15) is 35.6 Å². The average molecular weight is 287 g/mol. The predicted octanol–water partition coefficient (Wildman–Crippen LogP) is 4.05. The summed E-state index contributed by atoms with van der Waals surface area (Å²) >= 11 is 0. The monoisotopic (exact) mass is 287 g/mol. The SMILES string of the molecule is CCc1ccc(C(N)c2ccc(F)c(C(F)(F)F)c2)o1. The summed E-state index contributed by atoms with van der Waals surface area (Å²) in [6.45, 7) is 1.88. The first-order valence-electron chi connectivity index (χ1n) is 6.03. The molecular formula is C14H13F4NO. The van der Waals surface area contributed by atoms with Gasteiger partial charge in [-0.25, -0.2) is 4.39 Å². The zero-order chi connectivity index (χ0) is 14.9. The van der Waals surface area contributed by atoms with Gasteiger partial charge in [0.05, 0.1) is 11.6 Å². The highest BCUT2D eigenvalue weighted by atomic mass is 19.4. The molecule has 1 heterocycles. The molecule has 0 saturated carbocycles. The molecule has 0 saturated heterocycles. The Labute approximate surface area is 113 Å². The molecule has 1 unspecified atom stereocenters. The summed E-state index contributed by atoms with van der Waals surface area (Å²) in [6.07, 6.45) is -4.10. The second-order valence-electron chi connectivity index (χ2n) is 4.37. The molecule has 108 valence electrons. The van der Waals surface area contributed by atoms with Crippen molar-refractivity contribution in [3.8, 4) is 0 Å². The van der Waals surface area contributed by atoms with E-state index < -0.39 is 23.6 Å². The Morgan fingerprint density at radius 1 is 1.20 bits per heavy atom. The lowest BCUT2D eigenvalue weighted by atomic mass is 10.0. The Morgan fingerprint density at radius 2 is 1.90 bits per heavy atom. The molecule has 2 nitrogen and oxygen atoms in total. The van der Waals surface area contributed by atoms with E-state index in [0.29, 0.717) is 24.0 Å². The van der Waals surface area contributed by atoms with Crippen molar-refractivity contribution in [2.24, 2.45) is 5.73 Å². The van der Waals surface area contributed by atoms with Gasteiger partial charge in [0, 0.05) is 6.42 Å². The molecule has 1 atom stereocenters. The Hall–Kier alpha value is -1.82. The van der Waals surface area contributed by atoms with Gasteiger partial charge in [-0.3, -0.25) is 0 Å². The molecule has 2 aromatic rings. The molecule has 20 heavy (non-hydrogen) atoms. The van der Waals surface area contributed by atoms with E-state index in [1.165, 1.54) is 6.07 Å². The van der Waals surface area contributed by atoms with Gasteiger partial charge in [-0.15, -0.1) is 0 Å². The summed E-state index contributed by atoms with van der Waals surface area (Å²) in [5.41, 5.74) is 4.69. The molecular weight excluding hydrogens is 274 g/mol. The number of furan rings is 1. The molecule has 0 aliphatic carbocycles. The summed E-state index contributed by atoms with van der Waals surface area (Å²) in [5.74, 6) is -0.280. The summed E-state index contributed by atoms with van der Waals surface area (Å²) in [4.78, 5) is 0. The van der Waals surface area contributed by atoms with Crippen LogP contribution in [-0.4, -0.2) is 0 Å². The maximum absolute atomic E-state index is 13.2. The molecule has 1 aromatic heterocycles. The Morgan fingerprint density at radius 3 is 2.45 bits per heavy atom. The van der Waals surface area contributed by atoms with Crippen molar-refractivity contribution in [3.05, 3.63) is 58.8 Å². The molecule has 0 spiro atoms. The first kappa shape index (κ1) is 14.6. The summed E-state index contributed by atoms with van der Waals surface area (Å²) in [7, 11) is 0. The van der Waals surface area contributed by atoms with Crippen LogP contribution in [0.3, 0.4) is 0 Å². The summed E-state index contributed by atoms with van der Waals surface area (Å²) in [5, 5.41) is 0. The van der Waals surface area contributed by atoms with Gasteiger partial charge in [-0.2, -0.15) is 13.2 Å². The normalized spacial score (nSPS) is 13.5. The third kappa shape index (κ3) is 2.85. The molecule has 2 N–H and O–H groups in total. The lowest BCUT2D eigenvalue weighted by molar-refractivity contribution is -0.140. The average Bonchev–Trinajstić information content (AvgIpc) is 2.86. The number of halogens is 4. The lowest BCUT2D eigenvalue weighted by Crippen LogP contribution is -2.14. The van der Waals surface area contributed by atoms with E-state index in [4.69, 9.17) is 10.2 Å². The maximum Gasteiger partial charge on any atom is 0.419 e. The fourth-order valence-electron chi connectivity index (χ4n) is 1.87. The molecule has 0 amide bonds. The van der Waals surface area contributed by atoms with E-state index in [1.807, 2.05) is 6.92 Å². The molecule has 0 aliphatic heterocycles. The molecule has 0 fully saturated rings. The van der Waals surface area contributed by atoms with Crippen LogP contribution in [0, 0.1) is 5.82 Å². The lowest BCUT2D eigenvalue weighted by Gasteiger charge is -2.13. The highest BCUT2D eigenvalue weighted by Crippen LogP contribution is 2.33. The molecule has 0 aliphatic rings. The summed E-state index contributed by atoms with van der Waals surface area (Å²) < 4.78 is 56.6. The maximum atomic E-state index is 13.2. The number of alkyl halides is 3. The van der Waals surface area contributed by atoms with E-state index >= 15 is 0 Å². The standard InChI is InChI=1S/C14H13F4NO/c1-2-9-4-6-12(20-9)13(19)8-3-5-11(15)10(7-8)14(16,17)18/h3-7,13H,2,19H2,1H3. The third-order valence-electron chi connectivity index (χ3n) is 2.99. The van der Waals surface area contributed by atoms with Gasteiger partial charge in [0.15, 0.2) is 0 Å². The molecule has 0 radical (unpaired) electrons. The van der Waals surface area contributed by atoms with E-state index in [9.17, 15) is 17.6 Å². The van der Waals surface area contributed by atoms with Crippen LogP contribution in [0.25, 0.3) is 0 Å². The first-order chi connectivity index (χ1) is 9.32. The van der Waals surface area contributed by atoms with Crippen LogP contribution in [0.15, 0.2) is 34.7 Å². The topological polar surface area (TPSA) is 39.2 Å². The van der Waals surface area contributed by atoms with Gasteiger partial charge in [0.25, 0.3) is 0 Å². The van der Waals surface area contributed by atoms with Gasteiger partial charge in [0.1, 0.15) is 17.3 Å². The van der Waals surface area contributed by atoms with Gasteiger partial charge in [0.2, 0.25) is 0 Å². The second kappa shape index (κ2) is 5.28. The third-order valence-corrected chi connectivity index (χ3v) is 2.99. The van der Waals surface area contributed by atoms with E-state index in [1.54, 1.807) is 12.1 Å². The number of rotatable bonds is 3. The van der Waals surface area contributed by atoms with Crippen LogP contribution < -0.4 is 5.73 Å². The van der Waals surface area contributed by atoms with Crippen molar-refractivity contribution >= 4 is 0 Å². The van der Waals surface area contributed by atoms with E-state index in [-0.39, 0.29) is 5.56 Å². The molecule has 0 bridgehead atoms. The number of hydrogen-bond acceptors (Lipinski definition) is 2. The second-order valence-corrected chi connectivity index (χ2v) is 4.37. The minimum Gasteiger partial charge on any atom is -0.464 e. The van der Waals surface area contributed by atoms with Gasteiger partial charge >= 0.3 is 6.18 Å². The minimum atomic E-state index is -4.75. The Balaban J connectivity index is 2.37. The van der Waals surface area contributed by atoms with Crippen LogP contribution in [0.2, 0.25) is 0 Å². The molecule has 6 heteroatoms. The number of benzene rings is 1. The zero-order valence-electron chi connectivity index (χ0n) is 10.7. The van der Waals surface area contributed by atoms with Crippen LogP contribution in [-0.2, 0) is 12.6 Å². The van der Waals surface area contributed by atoms with Gasteiger partial charge in [-0.1, -0.05) is 13.0 Å². The smallest absolute Gasteiger partial charge is 0.419 e. The Bertz CT molecular complexity index is 603. The van der Waals surface area contributed by atoms with E-state index in [0.717, 1.165) is 6.07 Å². The van der Waals surface area contributed by atoms with Crippen LogP contribution in [0.5, 0.6) is 0 Å². The minimum absolute atomic E-state index is 0.149. The molecule has 1 aromatic carbocycles. The van der Waals surface area contributed by atoms with Crippen LogP contribution >= 0.6 is 0 Å². The number of aryl methyl sites for hydroxylation is 1. The van der Waals surface area contributed by atoms with Crippen LogP contribution in [0.4, 0.5) is 17.6 Å². The number of hydrogen-bond donors (Lipinski definition) is 1. The van der Waals surface area contributed by atoms with Gasteiger partial charge in [-0.05, 0) is 29.8 Å². The fraction of sp³-hybridized carbons (Fsp3) is 0.286. The van der Waals surface area contributed by atoms with Crippen molar-refractivity contribution in [1.29, 1.82) is 0 Å². The first-order valence-corrected chi connectivity index (χ1v) is 6.03. The predicted molar refractivity (Wildman–Crippen MR) is 65.5 cm³/mol. The van der Waals surface area contributed by atoms with E-state index in [2.05, 4.69) is 0 Å². The summed E-state index contributed by atoms with van der Waals surface area (Å²) in [6, 6.07) is 5.17. The number of nitrogens with two attached hydrogens (primary N) is 1. The highest BCUT2D eigenvalue weighted by Gasteiger charge is 2.34. The Kier molecular flexibility index (Phi) is 3.85. The quantitative estimate of drug-likeness (QED) is 0.865. The van der Waals surface area contributed by atoms with Crippen molar-refractivity contribution in [2.75, 3.05) is 0 Å². The van der Waals surface area contributed by atoms with Crippen molar-refractivity contribution in [3.63, 3.8) is 0 Å². The molecule has 2 rings (SSSR count). The van der Waals surface area contributed by atoms with Gasteiger partial charge < -0.3 is 10.2 Å². The van der Waals surface area contributed by atoms with Crippen molar-refractivity contribution < 1.29 is 22.0 Å².